The third kappa shape index (κ3) is 2.65. The molecule has 1 aromatic rings. The first-order valence-corrected chi connectivity index (χ1v) is 8.57. The zero-order valence-corrected chi connectivity index (χ0v) is 13.6. The zero-order chi connectivity index (χ0) is 16.1. The molecular formula is C16H24FN5O. The lowest BCUT2D eigenvalue weighted by Gasteiger charge is -2.49. The smallest absolute Gasteiger partial charge is 0.260 e. The second kappa shape index (κ2) is 5.26. The van der Waals surface area contributed by atoms with Crippen molar-refractivity contribution in [2.45, 2.75) is 51.2 Å². The van der Waals surface area contributed by atoms with Crippen LogP contribution < -0.4 is 0 Å². The Morgan fingerprint density at radius 1 is 1.26 bits per heavy atom. The zero-order valence-electron chi connectivity index (χ0n) is 13.6. The summed E-state index contributed by atoms with van der Waals surface area (Å²) < 4.78 is 14.6. The van der Waals surface area contributed by atoms with Crippen LogP contribution in [-0.2, 0) is 11.3 Å². The topological polar surface area (TPSA) is 65.1 Å². The molecule has 1 N–H and O–H groups in total. The highest BCUT2D eigenvalue weighted by molar-refractivity contribution is 5.86. The first kappa shape index (κ1) is 15.1. The lowest BCUT2D eigenvalue weighted by Crippen LogP contribution is -2.62. The molecule has 0 atom stereocenters. The number of alkyl halides is 1. The highest BCUT2D eigenvalue weighted by atomic mass is 19.1. The Kier molecular flexibility index (Phi) is 3.44. The molecular weight excluding hydrogens is 297 g/mol. The summed E-state index contributed by atoms with van der Waals surface area (Å²) in [7, 11) is 0. The van der Waals surface area contributed by atoms with E-state index in [1.54, 1.807) is 4.90 Å². The number of carbonyl (C=O) groups is 1. The molecule has 0 unspecified atom stereocenters. The maximum absolute atomic E-state index is 14.6. The largest absolute Gasteiger partial charge is 0.339 e. The number of amides is 1. The van der Waals surface area contributed by atoms with Crippen molar-refractivity contribution in [2.24, 2.45) is 5.41 Å². The molecule has 1 spiro atoms. The molecule has 6 nitrogen and oxygen atoms in total. The van der Waals surface area contributed by atoms with E-state index in [2.05, 4.69) is 20.1 Å². The average Bonchev–Trinajstić information content (AvgIpc) is 3.18. The Bertz CT molecular complexity index is 603. The number of aromatic amines is 1. The van der Waals surface area contributed by atoms with Gasteiger partial charge in [0.05, 0.1) is 6.54 Å². The predicted octanol–water partition coefficient (Wildman–Crippen LogP) is 1.43. The van der Waals surface area contributed by atoms with Gasteiger partial charge in [-0.1, -0.05) is 0 Å². The van der Waals surface area contributed by atoms with E-state index in [0.717, 1.165) is 50.5 Å². The van der Waals surface area contributed by atoms with Crippen LogP contribution in [-0.4, -0.2) is 62.7 Å². The normalized spacial score (nSPS) is 25.9. The van der Waals surface area contributed by atoms with E-state index in [0.29, 0.717) is 25.9 Å². The molecule has 0 radical (unpaired) electrons. The van der Waals surface area contributed by atoms with Crippen LogP contribution in [0, 0.1) is 12.3 Å². The van der Waals surface area contributed by atoms with Crippen LogP contribution in [0.4, 0.5) is 4.39 Å². The van der Waals surface area contributed by atoms with Crippen molar-refractivity contribution in [3.63, 3.8) is 0 Å². The van der Waals surface area contributed by atoms with Gasteiger partial charge in [-0.3, -0.25) is 14.8 Å². The van der Waals surface area contributed by atoms with Crippen LogP contribution in [0.3, 0.4) is 0 Å². The van der Waals surface area contributed by atoms with Gasteiger partial charge in [0, 0.05) is 25.0 Å². The molecule has 2 saturated heterocycles. The van der Waals surface area contributed by atoms with E-state index in [1.165, 1.54) is 0 Å². The van der Waals surface area contributed by atoms with Crippen LogP contribution >= 0.6 is 0 Å². The molecule has 4 rings (SSSR count). The molecule has 2 aliphatic heterocycles. The third-order valence-electron chi connectivity index (χ3n) is 5.65. The maximum Gasteiger partial charge on any atom is 0.260 e. The second-order valence-corrected chi connectivity index (χ2v) is 7.63. The number of halogens is 1. The molecule has 0 aromatic carbocycles. The number of rotatable bonds is 3. The van der Waals surface area contributed by atoms with Gasteiger partial charge in [-0.15, -0.1) is 0 Å². The molecule has 1 amide bonds. The minimum atomic E-state index is -1.57. The van der Waals surface area contributed by atoms with Crippen molar-refractivity contribution in [1.82, 2.24) is 25.0 Å². The van der Waals surface area contributed by atoms with Crippen molar-refractivity contribution in [2.75, 3.05) is 26.2 Å². The highest BCUT2D eigenvalue weighted by Crippen LogP contribution is 2.43. The lowest BCUT2D eigenvalue weighted by molar-refractivity contribution is -0.155. The van der Waals surface area contributed by atoms with Crippen molar-refractivity contribution >= 4 is 5.91 Å². The number of nitrogens with one attached hydrogen (secondary N) is 1. The number of aryl methyl sites for hydroxylation is 1. The molecule has 3 aliphatic rings. The molecule has 126 valence electrons. The number of hydrogen-bond acceptors (Lipinski definition) is 4. The quantitative estimate of drug-likeness (QED) is 0.915. The number of hydrogen-bond donors (Lipinski definition) is 1. The van der Waals surface area contributed by atoms with Gasteiger partial charge in [0.15, 0.2) is 11.5 Å². The van der Waals surface area contributed by atoms with Gasteiger partial charge in [0.1, 0.15) is 5.82 Å². The van der Waals surface area contributed by atoms with Crippen LogP contribution in [0.25, 0.3) is 0 Å². The summed E-state index contributed by atoms with van der Waals surface area (Å²) in [5, 5.41) is 7.05. The lowest BCUT2D eigenvalue weighted by atomic mass is 9.78. The predicted molar refractivity (Wildman–Crippen MR) is 82.3 cm³/mol. The van der Waals surface area contributed by atoms with Gasteiger partial charge >= 0.3 is 0 Å². The van der Waals surface area contributed by atoms with E-state index < -0.39 is 5.67 Å². The maximum atomic E-state index is 14.6. The Hall–Kier alpha value is -1.50. The van der Waals surface area contributed by atoms with Crippen molar-refractivity contribution in [1.29, 1.82) is 0 Å². The Balaban J connectivity index is 1.32. The van der Waals surface area contributed by atoms with Crippen LogP contribution in [0.15, 0.2) is 0 Å². The molecule has 1 aromatic heterocycles. The highest BCUT2D eigenvalue weighted by Gasteiger charge is 2.54. The number of carbonyl (C=O) groups excluding carboxylic acids is 1. The van der Waals surface area contributed by atoms with Gasteiger partial charge < -0.3 is 4.90 Å². The van der Waals surface area contributed by atoms with E-state index in [1.807, 2.05) is 6.92 Å². The summed E-state index contributed by atoms with van der Waals surface area (Å²) in [6.07, 6.45) is 3.56. The summed E-state index contributed by atoms with van der Waals surface area (Å²) in [6, 6.07) is 0. The van der Waals surface area contributed by atoms with Gasteiger partial charge in [-0.25, -0.2) is 9.37 Å². The summed E-state index contributed by atoms with van der Waals surface area (Å²) in [4.78, 5) is 20.8. The fraction of sp³-hybridized carbons (Fsp3) is 0.812. The van der Waals surface area contributed by atoms with Crippen LogP contribution in [0.2, 0.25) is 0 Å². The second-order valence-electron chi connectivity index (χ2n) is 7.63. The Morgan fingerprint density at radius 2 is 2.00 bits per heavy atom. The van der Waals surface area contributed by atoms with E-state index in [4.69, 9.17) is 0 Å². The number of aromatic nitrogens is 3. The van der Waals surface area contributed by atoms with Crippen molar-refractivity contribution < 1.29 is 9.18 Å². The molecule has 1 aliphatic carbocycles. The van der Waals surface area contributed by atoms with E-state index in [-0.39, 0.29) is 11.3 Å². The summed E-state index contributed by atoms with van der Waals surface area (Å²) in [5.74, 6) is 1.39. The molecule has 23 heavy (non-hydrogen) atoms. The van der Waals surface area contributed by atoms with Gasteiger partial charge in [0.2, 0.25) is 0 Å². The first-order chi connectivity index (χ1) is 11.0. The first-order valence-electron chi connectivity index (χ1n) is 8.57. The third-order valence-corrected chi connectivity index (χ3v) is 5.65. The van der Waals surface area contributed by atoms with Gasteiger partial charge in [-0.05, 0) is 45.6 Å². The molecule has 0 bridgehead atoms. The fourth-order valence-corrected chi connectivity index (χ4v) is 4.42. The SMILES string of the molecule is Cc1nc(CN2CCC3(C2)CN(C(=O)C2(F)CCCC2)C3)n[nH]1. The molecule has 3 fully saturated rings. The number of nitrogens with zero attached hydrogens (tertiary/aromatic N) is 4. The van der Waals surface area contributed by atoms with Crippen molar-refractivity contribution in [3.8, 4) is 0 Å². The average molecular weight is 321 g/mol. The number of likely N-dealkylation sites (tertiary alicyclic amines) is 2. The molecule has 1 saturated carbocycles. The van der Waals surface area contributed by atoms with Gasteiger partial charge in [-0.2, -0.15) is 5.10 Å². The number of H-pyrrole nitrogens is 1. The summed E-state index contributed by atoms with van der Waals surface area (Å²) >= 11 is 0. The van der Waals surface area contributed by atoms with E-state index in [9.17, 15) is 9.18 Å². The van der Waals surface area contributed by atoms with Crippen LogP contribution in [0.1, 0.15) is 43.8 Å². The molecule has 3 heterocycles. The van der Waals surface area contributed by atoms with Gasteiger partial charge in [0.25, 0.3) is 5.91 Å². The standard InChI is InChI=1S/C16H24FN5O/c1-12-18-13(20-19-12)8-21-7-6-15(9-21)10-22(11-15)14(23)16(17)4-2-3-5-16/h2-11H2,1H3,(H,18,19,20). The minimum Gasteiger partial charge on any atom is -0.339 e. The van der Waals surface area contributed by atoms with E-state index >= 15 is 0 Å². The fourth-order valence-electron chi connectivity index (χ4n) is 4.42. The molecule has 7 heteroatoms. The minimum absolute atomic E-state index is 0.163. The monoisotopic (exact) mass is 321 g/mol. The summed E-state index contributed by atoms with van der Waals surface area (Å²) in [6.45, 7) is 6.00. The van der Waals surface area contributed by atoms with Crippen molar-refractivity contribution in [3.05, 3.63) is 11.6 Å². The Morgan fingerprint density at radius 3 is 2.65 bits per heavy atom. The Labute approximate surface area is 135 Å². The van der Waals surface area contributed by atoms with Crippen LogP contribution in [0.5, 0.6) is 0 Å². The summed E-state index contributed by atoms with van der Waals surface area (Å²) in [5.41, 5.74) is -1.41.